The van der Waals surface area contributed by atoms with Crippen LogP contribution in [0.3, 0.4) is 0 Å². The second-order valence-corrected chi connectivity index (χ2v) is 6.02. The molecule has 6 heteroatoms. The fourth-order valence-corrected chi connectivity index (χ4v) is 3.12. The third-order valence-corrected chi connectivity index (χ3v) is 4.48. The highest BCUT2D eigenvalue weighted by molar-refractivity contribution is 5.79. The number of aryl methyl sites for hydroxylation is 1. The van der Waals surface area contributed by atoms with Gasteiger partial charge in [-0.15, -0.1) is 0 Å². The Balaban J connectivity index is 1.56. The summed E-state index contributed by atoms with van der Waals surface area (Å²) in [6.07, 6.45) is 1.13. The molecule has 22 heavy (non-hydrogen) atoms. The fourth-order valence-electron chi connectivity index (χ4n) is 3.12. The number of fused-ring (bicyclic) bond motifs is 1. The van der Waals surface area contributed by atoms with Gasteiger partial charge in [-0.25, -0.2) is 4.98 Å². The number of aliphatic hydroxyl groups excluding tert-OH is 1. The first kappa shape index (κ1) is 15.0. The van der Waals surface area contributed by atoms with E-state index in [1.165, 1.54) is 0 Å². The highest BCUT2D eigenvalue weighted by Gasteiger charge is 2.34. The molecular weight excluding hydrogens is 280 g/mol. The smallest absolute Gasteiger partial charge is 0.223 e. The first-order chi connectivity index (χ1) is 10.6. The molecule has 1 saturated carbocycles. The van der Waals surface area contributed by atoms with Gasteiger partial charge in [0.05, 0.1) is 17.1 Å². The number of hydrogen-bond acceptors (Lipinski definition) is 4. The van der Waals surface area contributed by atoms with Gasteiger partial charge in [-0.2, -0.15) is 0 Å². The number of amides is 1. The van der Waals surface area contributed by atoms with Gasteiger partial charge in [-0.05, 0) is 25.0 Å². The standard InChI is InChI=1S/C16H22N4O2/c1-20-13-5-3-2-4-12(13)19-15(20)6-7-18-16(22)10-8-11(17)14(21)9-10/h2-5,10-11,14,21H,6-9,17H2,1H3,(H,18,22)/t10-,11-,14-/m0/s1. The van der Waals surface area contributed by atoms with E-state index >= 15 is 0 Å². The monoisotopic (exact) mass is 302 g/mol. The molecule has 3 atom stereocenters. The van der Waals surface area contributed by atoms with Gasteiger partial charge in [0.15, 0.2) is 0 Å². The third kappa shape index (κ3) is 2.84. The van der Waals surface area contributed by atoms with Crippen LogP contribution in [0.15, 0.2) is 24.3 Å². The summed E-state index contributed by atoms with van der Waals surface area (Å²) in [7, 11) is 1.98. The van der Waals surface area contributed by atoms with Crippen molar-refractivity contribution < 1.29 is 9.90 Å². The molecule has 1 aliphatic rings. The van der Waals surface area contributed by atoms with Gasteiger partial charge in [-0.3, -0.25) is 4.79 Å². The number of aromatic nitrogens is 2. The predicted octanol–water partition coefficient (Wildman–Crippen LogP) is 0.330. The number of nitrogens with zero attached hydrogens (tertiary/aromatic N) is 2. The molecule has 1 heterocycles. The van der Waals surface area contributed by atoms with E-state index in [1.54, 1.807) is 0 Å². The van der Waals surface area contributed by atoms with Crippen molar-refractivity contribution >= 4 is 16.9 Å². The predicted molar refractivity (Wildman–Crippen MR) is 84.1 cm³/mol. The maximum Gasteiger partial charge on any atom is 0.223 e. The third-order valence-electron chi connectivity index (χ3n) is 4.48. The van der Waals surface area contributed by atoms with Crippen molar-refractivity contribution in [3.05, 3.63) is 30.1 Å². The van der Waals surface area contributed by atoms with Crippen LogP contribution >= 0.6 is 0 Å². The van der Waals surface area contributed by atoms with Crippen LogP contribution in [0.25, 0.3) is 11.0 Å². The molecule has 1 fully saturated rings. The van der Waals surface area contributed by atoms with Gasteiger partial charge >= 0.3 is 0 Å². The molecule has 0 bridgehead atoms. The highest BCUT2D eigenvalue weighted by atomic mass is 16.3. The number of para-hydroxylation sites is 2. The number of imidazole rings is 1. The Kier molecular flexibility index (Phi) is 4.13. The number of aliphatic hydroxyl groups is 1. The summed E-state index contributed by atoms with van der Waals surface area (Å²) in [5.74, 6) is 0.751. The van der Waals surface area contributed by atoms with Gasteiger partial charge in [-0.1, -0.05) is 12.1 Å². The summed E-state index contributed by atoms with van der Waals surface area (Å²) in [6.45, 7) is 0.540. The van der Waals surface area contributed by atoms with E-state index < -0.39 is 6.10 Å². The highest BCUT2D eigenvalue weighted by Crippen LogP contribution is 2.24. The molecular formula is C16H22N4O2. The number of rotatable bonds is 4. The van der Waals surface area contributed by atoms with E-state index in [0.717, 1.165) is 16.9 Å². The quantitative estimate of drug-likeness (QED) is 0.759. The Morgan fingerprint density at radius 2 is 2.23 bits per heavy atom. The molecule has 1 aliphatic carbocycles. The number of benzene rings is 1. The Hall–Kier alpha value is -1.92. The second-order valence-electron chi connectivity index (χ2n) is 6.02. The molecule has 1 aromatic carbocycles. The molecule has 3 rings (SSSR count). The van der Waals surface area contributed by atoms with E-state index in [1.807, 2.05) is 31.3 Å². The molecule has 0 spiro atoms. The molecule has 1 amide bonds. The van der Waals surface area contributed by atoms with Gasteiger partial charge in [0.25, 0.3) is 0 Å². The largest absolute Gasteiger partial charge is 0.391 e. The van der Waals surface area contributed by atoms with Crippen molar-refractivity contribution in [2.24, 2.45) is 18.7 Å². The minimum atomic E-state index is -0.560. The molecule has 4 N–H and O–H groups in total. The second kappa shape index (κ2) is 6.06. The maximum absolute atomic E-state index is 12.1. The first-order valence-electron chi connectivity index (χ1n) is 7.68. The average molecular weight is 302 g/mol. The summed E-state index contributed by atoms with van der Waals surface area (Å²) in [4.78, 5) is 16.7. The Morgan fingerprint density at radius 1 is 1.45 bits per heavy atom. The Labute approximate surface area is 129 Å². The molecule has 0 saturated heterocycles. The number of nitrogens with two attached hydrogens (primary N) is 1. The fraction of sp³-hybridized carbons (Fsp3) is 0.500. The van der Waals surface area contributed by atoms with E-state index in [4.69, 9.17) is 5.73 Å². The Bertz CT molecular complexity index is 672. The van der Waals surface area contributed by atoms with Crippen molar-refractivity contribution in [3.63, 3.8) is 0 Å². The normalized spacial score (nSPS) is 24.8. The molecule has 6 nitrogen and oxygen atoms in total. The lowest BCUT2D eigenvalue weighted by atomic mass is 10.1. The molecule has 0 unspecified atom stereocenters. The lowest BCUT2D eigenvalue weighted by Gasteiger charge is -2.10. The van der Waals surface area contributed by atoms with Crippen molar-refractivity contribution in [1.29, 1.82) is 0 Å². The van der Waals surface area contributed by atoms with Crippen LogP contribution in [0.5, 0.6) is 0 Å². The number of hydrogen-bond donors (Lipinski definition) is 3. The van der Waals surface area contributed by atoms with Crippen LogP contribution in [0, 0.1) is 5.92 Å². The SMILES string of the molecule is Cn1c(CCNC(=O)[C@H]2C[C@H](N)[C@@H](O)C2)nc2ccccc21. The summed E-state index contributed by atoms with van der Waals surface area (Å²) in [5.41, 5.74) is 7.81. The molecule has 0 aliphatic heterocycles. The summed E-state index contributed by atoms with van der Waals surface area (Å²) < 4.78 is 2.05. The van der Waals surface area contributed by atoms with Crippen molar-refractivity contribution in [1.82, 2.24) is 14.9 Å². The Morgan fingerprint density at radius 3 is 2.91 bits per heavy atom. The average Bonchev–Trinajstić information content (AvgIpc) is 3.01. The minimum Gasteiger partial charge on any atom is -0.391 e. The number of nitrogens with one attached hydrogen (secondary N) is 1. The summed E-state index contributed by atoms with van der Waals surface area (Å²) in [5, 5.41) is 12.5. The molecule has 118 valence electrons. The van der Waals surface area contributed by atoms with Crippen molar-refractivity contribution in [2.45, 2.75) is 31.4 Å². The van der Waals surface area contributed by atoms with Gasteiger partial charge in [0.1, 0.15) is 5.82 Å². The van der Waals surface area contributed by atoms with E-state index in [9.17, 15) is 9.90 Å². The summed E-state index contributed by atoms with van der Waals surface area (Å²) >= 11 is 0. The van der Waals surface area contributed by atoms with E-state index in [0.29, 0.717) is 25.8 Å². The van der Waals surface area contributed by atoms with Gasteiger partial charge in [0.2, 0.25) is 5.91 Å². The van der Waals surface area contributed by atoms with E-state index in [2.05, 4.69) is 14.9 Å². The van der Waals surface area contributed by atoms with Crippen LogP contribution in [0.1, 0.15) is 18.7 Å². The van der Waals surface area contributed by atoms with Crippen molar-refractivity contribution in [2.75, 3.05) is 6.54 Å². The minimum absolute atomic E-state index is 0.0224. The topological polar surface area (TPSA) is 93.2 Å². The number of carbonyl (C=O) groups excluding carboxylic acids is 1. The first-order valence-corrected chi connectivity index (χ1v) is 7.68. The van der Waals surface area contributed by atoms with E-state index in [-0.39, 0.29) is 17.9 Å². The summed E-state index contributed by atoms with van der Waals surface area (Å²) in [6, 6.07) is 7.69. The number of carbonyl (C=O) groups is 1. The molecule has 1 aromatic heterocycles. The zero-order valence-electron chi connectivity index (χ0n) is 12.7. The van der Waals surface area contributed by atoms with Gasteiger partial charge < -0.3 is 20.7 Å². The lowest BCUT2D eigenvalue weighted by Crippen LogP contribution is -2.32. The molecule has 0 radical (unpaired) electrons. The van der Waals surface area contributed by atoms with Crippen molar-refractivity contribution in [3.8, 4) is 0 Å². The zero-order valence-corrected chi connectivity index (χ0v) is 12.7. The maximum atomic E-state index is 12.1. The molecule has 2 aromatic rings. The van der Waals surface area contributed by atoms with Crippen LogP contribution in [-0.2, 0) is 18.3 Å². The van der Waals surface area contributed by atoms with Crippen LogP contribution in [0.2, 0.25) is 0 Å². The van der Waals surface area contributed by atoms with Gasteiger partial charge in [0, 0.05) is 32.0 Å². The van der Waals surface area contributed by atoms with Crippen LogP contribution < -0.4 is 11.1 Å². The zero-order chi connectivity index (χ0) is 15.7. The van der Waals surface area contributed by atoms with Crippen LogP contribution in [-0.4, -0.2) is 39.3 Å². The lowest BCUT2D eigenvalue weighted by molar-refractivity contribution is -0.125. The van der Waals surface area contributed by atoms with Crippen LogP contribution in [0.4, 0.5) is 0 Å².